The maximum Gasteiger partial charge on any atom is 0.227 e. The van der Waals surface area contributed by atoms with Crippen molar-refractivity contribution in [2.45, 2.75) is 44.9 Å². The van der Waals surface area contributed by atoms with Crippen molar-refractivity contribution in [2.75, 3.05) is 10.6 Å². The average Bonchev–Trinajstić information content (AvgIpc) is 2.64. The molecule has 1 heterocycles. The number of fused-ring (bicyclic) bond motifs is 1. The van der Waals surface area contributed by atoms with Crippen molar-refractivity contribution in [3.63, 3.8) is 0 Å². The van der Waals surface area contributed by atoms with Crippen LogP contribution in [0.15, 0.2) is 48.5 Å². The van der Waals surface area contributed by atoms with E-state index < -0.39 is 0 Å². The van der Waals surface area contributed by atoms with Crippen LogP contribution in [-0.2, 0) is 11.2 Å². The molecule has 0 saturated heterocycles. The van der Waals surface area contributed by atoms with Gasteiger partial charge in [-0.05, 0) is 48.6 Å². The second-order valence-corrected chi connectivity index (χ2v) is 7.49. The van der Waals surface area contributed by atoms with Crippen LogP contribution < -0.4 is 10.6 Å². The van der Waals surface area contributed by atoms with Crippen molar-refractivity contribution >= 4 is 23.0 Å². The number of hydrogen-bond acceptors (Lipinski definition) is 2. The van der Waals surface area contributed by atoms with Gasteiger partial charge in [-0.2, -0.15) is 0 Å². The zero-order valence-electron chi connectivity index (χ0n) is 14.6. The highest BCUT2D eigenvalue weighted by atomic mass is 16.1. The predicted molar refractivity (Wildman–Crippen MR) is 103 cm³/mol. The quantitative estimate of drug-likeness (QED) is 0.774. The first kappa shape index (κ1) is 16.2. The number of anilines is 3. The van der Waals surface area contributed by atoms with Crippen LogP contribution in [0.3, 0.4) is 0 Å². The first-order valence-corrected chi connectivity index (χ1v) is 9.54. The van der Waals surface area contributed by atoms with Crippen molar-refractivity contribution < 1.29 is 4.79 Å². The average molecular weight is 334 g/mol. The Hall–Kier alpha value is -2.29. The van der Waals surface area contributed by atoms with E-state index in [4.69, 9.17) is 0 Å². The van der Waals surface area contributed by atoms with Crippen LogP contribution in [0.1, 0.15) is 44.1 Å². The fourth-order valence-electron chi connectivity index (χ4n) is 4.25. The summed E-state index contributed by atoms with van der Waals surface area (Å²) < 4.78 is 0. The Labute approximate surface area is 149 Å². The van der Waals surface area contributed by atoms with Gasteiger partial charge in [-0.25, -0.2) is 0 Å². The number of carbonyl (C=O) groups is 1. The Morgan fingerprint density at radius 3 is 2.56 bits per heavy atom. The van der Waals surface area contributed by atoms with E-state index in [9.17, 15) is 4.79 Å². The first-order chi connectivity index (χ1) is 12.3. The molecular formula is C22H26N2O. The normalized spacial score (nSPS) is 20.6. The molecule has 2 aromatic carbocycles. The van der Waals surface area contributed by atoms with Gasteiger partial charge in [-0.1, -0.05) is 56.4 Å². The maximum atomic E-state index is 12.6. The van der Waals surface area contributed by atoms with Crippen molar-refractivity contribution in [1.82, 2.24) is 0 Å². The van der Waals surface area contributed by atoms with E-state index in [-0.39, 0.29) is 11.8 Å². The van der Waals surface area contributed by atoms with Crippen LogP contribution in [0, 0.1) is 11.8 Å². The Bertz CT molecular complexity index is 735. The molecule has 130 valence electrons. The fraction of sp³-hybridized carbons (Fsp3) is 0.409. The number of amides is 1. The van der Waals surface area contributed by atoms with Gasteiger partial charge in [0.1, 0.15) is 0 Å². The second-order valence-electron chi connectivity index (χ2n) is 7.49. The number of benzene rings is 2. The van der Waals surface area contributed by atoms with E-state index in [0.29, 0.717) is 0 Å². The van der Waals surface area contributed by atoms with E-state index in [2.05, 4.69) is 28.8 Å². The zero-order valence-corrected chi connectivity index (χ0v) is 14.6. The highest BCUT2D eigenvalue weighted by molar-refractivity contribution is 5.96. The summed E-state index contributed by atoms with van der Waals surface area (Å²) in [7, 11) is 0. The number of rotatable bonds is 4. The topological polar surface area (TPSA) is 41.1 Å². The third-order valence-electron chi connectivity index (χ3n) is 5.61. The summed E-state index contributed by atoms with van der Waals surface area (Å²) >= 11 is 0. The van der Waals surface area contributed by atoms with Gasteiger partial charge in [0.05, 0.1) is 0 Å². The molecule has 0 radical (unpaired) electrons. The molecule has 1 unspecified atom stereocenters. The minimum absolute atomic E-state index is 0.142. The molecular weight excluding hydrogens is 308 g/mol. The zero-order chi connectivity index (χ0) is 17.1. The Balaban J connectivity index is 1.45. The van der Waals surface area contributed by atoms with Crippen molar-refractivity contribution in [2.24, 2.45) is 11.8 Å². The molecule has 2 N–H and O–H groups in total. The minimum Gasteiger partial charge on any atom is -0.355 e. The highest BCUT2D eigenvalue weighted by Crippen LogP contribution is 2.35. The summed E-state index contributed by atoms with van der Waals surface area (Å²) in [4.78, 5) is 12.6. The molecule has 1 fully saturated rings. The van der Waals surface area contributed by atoms with Crippen LogP contribution >= 0.6 is 0 Å². The summed E-state index contributed by atoms with van der Waals surface area (Å²) in [5, 5.41) is 6.54. The third-order valence-corrected chi connectivity index (χ3v) is 5.61. The lowest BCUT2D eigenvalue weighted by Gasteiger charge is -2.30. The van der Waals surface area contributed by atoms with Crippen LogP contribution in [0.25, 0.3) is 0 Å². The van der Waals surface area contributed by atoms with E-state index in [1.165, 1.54) is 37.7 Å². The first-order valence-electron chi connectivity index (χ1n) is 9.54. The van der Waals surface area contributed by atoms with Crippen LogP contribution in [0.2, 0.25) is 0 Å². The lowest BCUT2D eigenvalue weighted by molar-refractivity contribution is -0.120. The van der Waals surface area contributed by atoms with Gasteiger partial charge in [-0.3, -0.25) is 4.79 Å². The van der Waals surface area contributed by atoms with E-state index in [1.54, 1.807) is 0 Å². The maximum absolute atomic E-state index is 12.6. The summed E-state index contributed by atoms with van der Waals surface area (Å²) in [5.41, 5.74) is 4.29. The molecule has 25 heavy (non-hydrogen) atoms. The summed E-state index contributed by atoms with van der Waals surface area (Å²) in [6, 6.07) is 16.4. The van der Waals surface area contributed by atoms with E-state index >= 15 is 0 Å². The molecule has 1 aliphatic carbocycles. The molecule has 2 aliphatic rings. The number of carbonyl (C=O) groups excluding carboxylic acids is 1. The monoisotopic (exact) mass is 334 g/mol. The molecule has 1 aliphatic heterocycles. The van der Waals surface area contributed by atoms with E-state index in [1.807, 2.05) is 30.3 Å². The molecule has 1 saturated carbocycles. The molecule has 0 spiro atoms. The molecule has 4 rings (SSSR count). The Morgan fingerprint density at radius 1 is 0.960 bits per heavy atom. The van der Waals surface area contributed by atoms with Gasteiger partial charge in [-0.15, -0.1) is 0 Å². The summed E-state index contributed by atoms with van der Waals surface area (Å²) in [6.45, 7) is 0. The van der Waals surface area contributed by atoms with Crippen LogP contribution in [-0.4, -0.2) is 5.91 Å². The largest absolute Gasteiger partial charge is 0.355 e. The van der Waals surface area contributed by atoms with Crippen LogP contribution in [0.4, 0.5) is 17.1 Å². The Kier molecular flexibility index (Phi) is 4.73. The standard InChI is InChI=1S/C22H26N2O/c25-22-18(13-16-7-3-1-4-8-16)14-17-11-12-20(15-21(17)24-22)23-19-9-5-2-6-10-19/h2,5-6,9-12,15-16,18,23H,1,3-4,7-8,13-14H2,(H,24,25). The number of hydrogen-bond donors (Lipinski definition) is 2. The van der Waals surface area contributed by atoms with Gasteiger partial charge in [0.25, 0.3) is 0 Å². The molecule has 1 amide bonds. The lowest BCUT2D eigenvalue weighted by atomic mass is 9.79. The van der Waals surface area contributed by atoms with Gasteiger partial charge >= 0.3 is 0 Å². The lowest BCUT2D eigenvalue weighted by Crippen LogP contribution is -2.31. The SMILES string of the molecule is O=C1Nc2cc(Nc3ccccc3)ccc2CC1CC1CCCCC1. The molecule has 0 bridgehead atoms. The Morgan fingerprint density at radius 2 is 1.76 bits per heavy atom. The molecule has 0 aromatic heterocycles. The van der Waals surface area contributed by atoms with Crippen LogP contribution in [0.5, 0.6) is 0 Å². The van der Waals surface area contributed by atoms with Gasteiger partial charge in [0.2, 0.25) is 5.91 Å². The highest BCUT2D eigenvalue weighted by Gasteiger charge is 2.29. The molecule has 3 heteroatoms. The van der Waals surface area contributed by atoms with Crippen molar-refractivity contribution in [3.8, 4) is 0 Å². The molecule has 3 nitrogen and oxygen atoms in total. The smallest absolute Gasteiger partial charge is 0.227 e. The fourth-order valence-corrected chi connectivity index (χ4v) is 4.25. The van der Waals surface area contributed by atoms with Crippen molar-refractivity contribution in [3.05, 3.63) is 54.1 Å². The summed E-state index contributed by atoms with van der Waals surface area (Å²) in [6.07, 6.45) is 8.58. The van der Waals surface area contributed by atoms with Gasteiger partial charge in [0, 0.05) is 23.0 Å². The van der Waals surface area contributed by atoms with Crippen molar-refractivity contribution in [1.29, 1.82) is 0 Å². The second kappa shape index (κ2) is 7.30. The number of para-hydroxylation sites is 1. The van der Waals surface area contributed by atoms with Gasteiger partial charge in [0.15, 0.2) is 0 Å². The third kappa shape index (κ3) is 3.87. The summed E-state index contributed by atoms with van der Waals surface area (Å²) in [5.74, 6) is 1.09. The van der Waals surface area contributed by atoms with Gasteiger partial charge < -0.3 is 10.6 Å². The molecule has 2 aromatic rings. The molecule has 1 atom stereocenters. The predicted octanol–water partition coefficient (Wildman–Crippen LogP) is 5.51. The number of nitrogens with one attached hydrogen (secondary N) is 2. The van der Waals surface area contributed by atoms with E-state index in [0.717, 1.165) is 35.8 Å². The minimum atomic E-state index is 0.142.